The van der Waals surface area contributed by atoms with Crippen LogP contribution in [0.3, 0.4) is 0 Å². The van der Waals surface area contributed by atoms with Crippen LogP contribution in [0, 0.1) is 0 Å². The summed E-state index contributed by atoms with van der Waals surface area (Å²) < 4.78 is 1.01. The van der Waals surface area contributed by atoms with Gasteiger partial charge in [-0.2, -0.15) is 0 Å². The predicted molar refractivity (Wildman–Crippen MR) is 55.3 cm³/mol. The van der Waals surface area contributed by atoms with Gasteiger partial charge in [-0.25, -0.2) is 4.98 Å². The van der Waals surface area contributed by atoms with E-state index in [-0.39, 0.29) is 0 Å². The van der Waals surface area contributed by atoms with Crippen molar-refractivity contribution in [3.05, 3.63) is 22.2 Å². The average Bonchev–Trinajstić information content (AvgIpc) is 2.53. The molecule has 0 aromatic carbocycles. The Morgan fingerprint density at radius 2 is 2.31 bits per heavy atom. The average molecular weight is 257 g/mol. The lowest BCUT2D eigenvalue weighted by Crippen LogP contribution is -1.96. The highest BCUT2D eigenvalue weighted by atomic mass is 79.9. The van der Waals surface area contributed by atoms with E-state index in [2.05, 4.69) is 31.1 Å². The largest absolute Gasteiger partial charge is 0.382 e. The van der Waals surface area contributed by atoms with Gasteiger partial charge in [-0.3, -0.25) is 0 Å². The Labute approximate surface area is 87.0 Å². The number of halogens is 1. The quantitative estimate of drug-likeness (QED) is 0.847. The van der Waals surface area contributed by atoms with Crippen LogP contribution >= 0.6 is 27.3 Å². The molecule has 0 atom stereocenters. The number of hydrogen-bond acceptors (Lipinski definition) is 5. The third-order valence-corrected chi connectivity index (χ3v) is 3.15. The number of aromatic nitrogens is 3. The summed E-state index contributed by atoms with van der Waals surface area (Å²) >= 11 is 4.90. The van der Waals surface area contributed by atoms with Crippen molar-refractivity contribution in [1.29, 1.82) is 0 Å². The Bertz CT molecular complexity index is 428. The van der Waals surface area contributed by atoms with Crippen molar-refractivity contribution in [2.45, 2.75) is 0 Å². The highest BCUT2D eigenvalue weighted by molar-refractivity contribution is 9.10. The summed E-state index contributed by atoms with van der Waals surface area (Å²) in [6.45, 7) is 0. The van der Waals surface area contributed by atoms with E-state index >= 15 is 0 Å². The van der Waals surface area contributed by atoms with Gasteiger partial charge in [0.15, 0.2) is 5.82 Å². The van der Waals surface area contributed by atoms with Crippen LogP contribution in [-0.2, 0) is 0 Å². The minimum absolute atomic E-state index is 0.407. The maximum absolute atomic E-state index is 5.64. The van der Waals surface area contributed by atoms with Gasteiger partial charge >= 0.3 is 0 Å². The van der Waals surface area contributed by atoms with Gasteiger partial charge in [0.05, 0.1) is 4.88 Å². The molecule has 0 unspecified atom stereocenters. The zero-order valence-corrected chi connectivity index (χ0v) is 8.84. The van der Waals surface area contributed by atoms with Crippen LogP contribution in [0.25, 0.3) is 10.6 Å². The second-order valence-electron chi connectivity index (χ2n) is 2.32. The maximum atomic E-state index is 5.64. The lowest BCUT2D eigenvalue weighted by atomic mass is 10.3. The number of anilines is 1. The number of nitrogens with two attached hydrogens (primary N) is 1. The Kier molecular flexibility index (Phi) is 2.24. The molecule has 2 rings (SSSR count). The van der Waals surface area contributed by atoms with Crippen molar-refractivity contribution >= 4 is 33.1 Å². The first kappa shape index (κ1) is 8.58. The fourth-order valence-corrected chi connectivity index (χ4v) is 2.32. The molecule has 4 nitrogen and oxygen atoms in total. The molecule has 0 aliphatic carbocycles. The van der Waals surface area contributed by atoms with Crippen LogP contribution in [0.1, 0.15) is 0 Å². The van der Waals surface area contributed by atoms with E-state index in [4.69, 9.17) is 5.73 Å². The Morgan fingerprint density at radius 3 is 2.92 bits per heavy atom. The summed E-state index contributed by atoms with van der Waals surface area (Å²) in [5.74, 6) is 0.407. The Morgan fingerprint density at radius 1 is 1.46 bits per heavy atom. The van der Waals surface area contributed by atoms with Crippen molar-refractivity contribution in [1.82, 2.24) is 15.2 Å². The lowest BCUT2D eigenvalue weighted by Gasteiger charge is -1.96. The third-order valence-electron chi connectivity index (χ3n) is 1.45. The highest BCUT2D eigenvalue weighted by Gasteiger charge is 2.07. The van der Waals surface area contributed by atoms with Crippen molar-refractivity contribution in [2.75, 3.05) is 5.73 Å². The molecule has 0 saturated carbocycles. The van der Waals surface area contributed by atoms with Crippen LogP contribution in [0.5, 0.6) is 0 Å². The lowest BCUT2D eigenvalue weighted by molar-refractivity contribution is 0.986. The fourth-order valence-electron chi connectivity index (χ4n) is 0.897. The zero-order valence-electron chi connectivity index (χ0n) is 6.44. The zero-order chi connectivity index (χ0) is 9.26. The van der Waals surface area contributed by atoms with Crippen molar-refractivity contribution in [3.8, 4) is 10.6 Å². The second kappa shape index (κ2) is 3.39. The minimum atomic E-state index is 0.407. The molecule has 2 aromatic heterocycles. The normalized spacial score (nSPS) is 10.2. The number of rotatable bonds is 1. The molecule has 0 aliphatic rings. The van der Waals surface area contributed by atoms with Crippen molar-refractivity contribution < 1.29 is 0 Å². The molecule has 6 heteroatoms. The van der Waals surface area contributed by atoms with Gasteiger partial charge in [-0.05, 0) is 22.0 Å². The summed E-state index contributed by atoms with van der Waals surface area (Å²) in [4.78, 5) is 4.82. The van der Waals surface area contributed by atoms with Crippen LogP contribution < -0.4 is 5.73 Å². The predicted octanol–water partition coefficient (Wildman–Crippen LogP) is 1.94. The second-order valence-corrected chi connectivity index (χ2v) is 4.15. The number of hydrogen-bond donors (Lipinski definition) is 1. The van der Waals surface area contributed by atoms with E-state index in [9.17, 15) is 0 Å². The van der Waals surface area contributed by atoms with Crippen LogP contribution in [0.4, 0.5) is 5.82 Å². The van der Waals surface area contributed by atoms with Gasteiger partial charge in [0.1, 0.15) is 12.0 Å². The van der Waals surface area contributed by atoms with Crippen LogP contribution in [-0.4, -0.2) is 15.2 Å². The molecule has 0 aliphatic heterocycles. The van der Waals surface area contributed by atoms with Crippen molar-refractivity contribution in [3.63, 3.8) is 0 Å². The van der Waals surface area contributed by atoms with E-state index < -0.39 is 0 Å². The molecule has 2 N–H and O–H groups in total. The number of nitrogen functional groups attached to an aromatic ring is 1. The molecular weight excluding hydrogens is 252 g/mol. The highest BCUT2D eigenvalue weighted by Crippen LogP contribution is 2.30. The van der Waals surface area contributed by atoms with E-state index in [0.717, 1.165) is 9.35 Å². The SMILES string of the molecule is Nc1ncnnc1-c1cc(Br)cs1. The summed E-state index contributed by atoms with van der Waals surface area (Å²) in [6.07, 6.45) is 1.33. The first-order chi connectivity index (χ1) is 6.27. The molecule has 0 spiro atoms. The van der Waals surface area contributed by atoms with Gasteiger partial charge in [0.2, 0.25) is 0 Å². The number of thiophene rings is 1. The number of nitrogens with zero attached hydrogens (tertiary/aromatic N) is 3. The van der Waals surface area contributed by atoms with E-state index in [1.807, 2.05) is 11.4 Å². The van der Waals surface area contributed by atoms with E-state index in [1.165, 1.54) is 6.33 Å². The smallest absolute Gasteiger partial charge is 0.154 e. The minimum Gasteiger partial charge on any atom is -0.382 e. The molecule has 0 saturated heterocycles. The molecule has 0 fully saturated rings. The topological polar surface area (TPSA) is 64.7 Å². The molecule has 0 radical (unpaired) electrons. The monoisotopic (exact) mass is 256 g/mol. The first-order valence-electron chi connectivity index (χ1n) is 3.45. The summed E-state index contributed by atoms with van der Waals surface area (Å²) in [6, 6.07) is 1.94. The van der Waals surface area contributed by atoms with Gasteiger partial charge in [0.25, 0.3) is 0 Å². The van der Waals surface area contributed by atoms with Gasteiger partial charge in [-0.1, -0.05) is 0 Å². The van der Waals surface area contributed by atoms with Gasteiger partial charge < -0.3 is 5.73 Å². The molecular formula is C7H5BrN4S. The summed E-state index contributed by atoms with van der Waals surface area (Å²) in [5.41, 5.74) is 6.28. The first-order valence-corrected chi connectivity index (χ1v) is 5.12. The third kappa shape index (κ3) is 1.68. The van der Waals surface area contributed by atoms with Crippen LogP contribution in [0.15, 0.2) is 22.2 Å². The Balaban J connectivity index is 2.52. The maximum Gasteiger partial charge on any atom is 0.154 e. The molecule has 2 aromatic rings. The standard InChI is InChI=1S/C7H5BrN4S/c8-4-1-5(13-2-4)6-7(9)10-3-11-12-6/h1-3H,(H2,9,10,11). The van der Waals surface area contributed by atoms with E-state index in [0.29, 0.717) is 11.5 Å². The fraction of sp³-hybridized carbons (Fsp3) is 0. The summed E-state index contributed by atoms with van der Waals surface area (Å²) in [7, 11) is 0. The van der Waals surface area contributed by atoms with Gasteiger partial charge in [-0.15, -0.1) is 21.5 Å². The molecule has 66 valence electrons. The molecule has 0 bridgehead atoms. The van der Waals surface area contributed by atoms with E-state index in [1.54, 1.807) is 11.3 Å². The molecule has 2 heterocycles. The van der Waals surface area contributed by atoms with Crippen LogP contribution in [0.2, 0.25) is 0 Å². The van der Waals surface area contributed by atoms with Gasteiger partial charge in [0, 0.05) is 9.85 Å². The molecule has 13 heavy (non-hydrogen) atoms. The molecule has 0 amide bonds. The Hall–Kier alpha value is -1.01. The van der Waals surface area contributed by atoms with Crippen molar-refractivity contribution in [2.24, 2.45) is 0 Å². The summed E-state index contributed by atoms with van der Waals surface area (Å²) in [5, 5.41) is 9.56.